The molecule has 2 aliphatic rings. The molecule has 1 unspecified atom stereocenters. The maximum atomic E-state index is 13.3. The normalized spacial score (nSPS) is 21.3. The van der Waals surface area contributed by atoms with Crippen molar-refractivity contribution >= 4 is 11.6 Å². The summed E-state index contributed by atoms with van der Waals surface area (Å²) in [5.41, 5.74) is 1.04. The predicted octanol–water partition coefficient (Wildman–Crippen LogP) is 3.64. The number of amides is 1. The Morgan fingerprint density at radius 3 is 2.71 bits per heavy atom. The fraction of sp³-hybridized carbons (Fsp3) is 0.556. The Labute approximate surface area is 140 Å². The molecule has 0 bridgehead atoms. The summed E-state index contributed by atoms with van der Waals surface area (Å²) in [5.74, 6) is -1.75. The van der Waals surface area contributed by atoms with E-state index in [1.807, 2.05) is 11.9 Å². The number of benzene rings is 1. The minimum Gasteiger partial charge on any atom is -0.391 e. The number of rotatable bonds is 4. The molecule has 1 fully saturated rings. The molecule has 0 spiro atoms. The van der Waals surface area contributed by atoms with Crippen molar-refractivity contribution < 1.29 is 18.4 Å². The Morgan fingerprint density at radius 1 is 1.25 bits per heavy atom. The van der Waals surface area contributed by atoms with E-state index in [9.17, 15) is 13.6 Å². The first-order valence-electron chi connectivity index (χ1n) is 8.48. The van der Waals surface area contributed by atoms with E-state index in [-0.39, 0.29) is 18.4 Å². The lowest BCUT2D eigenvalue weighted by atomic mass is 9.94. The largest absolute Gasteiger partial charge is 0.391 e. The van der Waals surface area contributed by atoms with Gasteiger partial charge in [0, 0.05) is 25.1 Å². The summed E-state index contributed by atoms with van der Waals surface area (Å²) in [6, 6.07) is 3.97. The summed E-state index contributed by atoms with van der Waals surface area (Å²) in [7, 11) is 1.85. The van der Waals surface area contributed by atoms with E-state index in [0.29, 0.717) is 23.7 Å². The molecule has 1 amide bonds. The summed E-state index contributed by atoms with van der Waals surface area (Å²) in [4.78, 5) is 19.6. The van der Waals surface area contributed by atoms with Crippen molar-refractivity contribution in [2.45, 2.75) is 57.1 Å². The Hall–Kier alpha value is -1.98. The molecule has 0 N–H and O–H groups in total. The first kappa shape index (κ1) is 16.9. The van der Waals surface area contributed by atoms with Crippen LogP contribution >= 0.6 is 0 Å². The number of carbonyl (C=O) groups is 1. The van der Waals surface area contributed by atoms with Crippen LogP contribution in [0, 0.1) is 11.6 Å². The quantitative estimate of drug-likeness (QED) is 0.842. The third-order valence-corrected chi connectivity index (χ3v) is 4.90. The summed E-state index contributed by atoms with van der Waals surface area (Å²) in [6.07, 6.45) is 6.05. The van der Waals surface area contributed by atoms with Crippen LogP contribution in [-0.2, 0) is 9.63 Å². The minimum absolute atomic E-state index is 0.0497. The van der Waals surface area contributed by atoms with Gasteiger partial charge >= 0.3 is 0 Å². The molecule has 1 aromatic rings. The summed E-state index contributed by atoms with van der Waals surface area (Å²) >= 11 is 0. The molecular weight excluding hydrogens is 314 g/mol. The molecule has 0 saturated heterocycles. The van der Waals surface area contributed by atoms with Gasteiger partial charge in [0.1, 0.15) is 6.10 Å². The van der Waals surface area contributed by atoms with Crippen LogP contribution in [0.3, 0.4) is 0 Å². The highest BCUT2D eigenvalue weighted by Crippen LogP contribution is 2.24. The van der Waals surface area contributed by atoms with Crippen molar-refractivity contribution in [3.8, 4) is 0 Å². The Kier molecular flexibility index (Phi) is 5.11. The second-order valence-corrected chi connectivity index (χ2v) is 6.60. The highest BCUT2D eigenvalue weighted by Gasteiger charge is 2.29. The molecule has 1 saturated carbocycles. The van der Waals surface area contributed by atoms with Crippen LogP contribution in [0.15, 0.2) is 23.4 Å². The summed E-state index contributed by atoms with van der Waals surface area (Å²) in [6.45, 7) is 0. The number of hydrogen-bond acceptors (Lipinski definition) is 3. The van der Waals surface area contributed by atoms with Crippen molar-refractivity contribution in [3.05, 3.63) is 35.4 Å². The molecule has 24 heavy (non-hydrogen) atoms. The van der Waals surface area contributed by atoms with Crippen LogP contribution in [0.1, 0.15) is 50.5 Å². The Bertz CT molecular complexity index is 642. The lowest BCUT2D eigenvalue weighted by Gasteiger charge is -2.31. The van der Waals surface area contributed by atoms with Crippen LogP contribution < -0.4 is 0 Å². The zero-order valence-corrected chi connectivity index (χ0v) is 13.8. The third-order valence-electron chi connectivity index (χ3n) is 4.90. The van der Waals surface area contributed by atoms with Gasteiger partial charge in [0.2, 0.25) is 5.91 Å². The maximum Gasteiger partial charge on any atom is 0.226 e. The monoisotopic (exact) mass is 336 g/mol. The van der Waals surface area contributed by atoms with E-state index in [1.54, 1.807) is 0 Å². The highest BCUT2D eigenvalue weighted by molar-refractivity contribution is 6.01. The standard InChI is InChI=1S/C18H22F2N2O2/c1-22(13-5-3-2-4-6-13)18(23)11-14-10-17(21-24-14)12-7-8-15(19)16(20)9-12/h7-9,13-14H,2-6,10-11H2,1H3. The van der Waals surface area contributed by atoms with Crippen LogP contribution in [0.2, 0.25) is 0 Å². The molecule has 1 aromatic carbocycles. The SMILES string of the molecule is CN(C(=O)CC1CC(c2ccc(F)c(F)c2)=NO1)C1CCCCC1. The van der Waals surface area contributed by atoms with Crippen LogP contribution in [0.25, 0.3) is 0 Å². The van der Waals surface area contributed by atoms with Gasteiger partial charge in [-0.25, -0.2) is 8.78 Å². The molecule has 1 heterocycles. The fourth-order valence-electron chi connectivity index (χ4n) is 3.39. The number of nitrogens with zero attached hydrogens (tertiary/aromatic N) is 2. The summed E-state index contributed by atoms with van der Waals surface area (Å²) < 4.78 is 26.3. The first-order chi connectivity index (χ1) is 11.5. The van der Waals surface area contributed by atoms with Gasteiger partial charge in [0.05, 0.1) is 12.1 Å². The van der Waals surface area contributed by atoms with Crippen molar-refractivity contribution in [3.63, 3.8) is 0 Å². The van der Waals surface area contributed by atoms with Gasteiger partial charge < -0.3 is 9.74 Å². The van der Waals surface area contributed by atoms with Crippen LogP contribution in [0.5, 0.6) is 0 Å². The average Bonchev–Trinajstić information content (AvgIpc) is 3.06. The molecule has 0 radical (unpaired) electrons. The topological polar surface area (TPSA) is 41.9 Å². The second kappa shape index (κ2) is 7.28. The van der Waals surface area contributed by atoms with E-state index in [4.69, 9.17) is 4.84 Å². The lowest BCUT2D eigenvalue weighted by molar-refractivity contribution is -0.135. The average molecular weight is 336 g/mol. The Balaban J connectivity index is 1.54. The number of oxime groups is 1. The zero-order chi connectivity index (χ0) is 17.1. The molecule has 1 aliphatic heterocycles. The number of halogens is 2. The smallest absolute Gasteiger partial charge is 0.226 e. The summed E-state index contributed by atoms with van der Waals surface area (Å²) in [5, 5.41) is 3.94. The minimum atomic E-state index is -0.910. The van der Waals surface area contributed by atoms with Crippen LogP contribution in [-0.4, -0.2) is 35.7 Å². The molecule has 1 aliphatic carbocycles. The van der Waals surface area contributed by atoms with E-state index in [0.717, 1.165) is 25.0 Å². The van der Waals surface area contributed by atoms with Crippen molar-refractivity contribution in [1.82, 2.24) is 4.90 Å². The fourth-order valence-corrected chi connectivity index (χ4v) is 3.39. The van der Waals surface area contributed by atoms with Gasteiger partial charge in [-0.2, -0.15) is 0 Å². The maximum absolute atomic E-state index is 13.3. The van der Waals surface area contributed by atoms with Gasteiger partial charge in [0.25, 0.3) is 0 Å². The molecule has 6 heteroatoms. The second-order valence-electron chi connectivity index (χ2n) is 6.60. The predicted molar refractivity (Wildman–Crippen MR) is 86.6 cm³/mol. The van der Waals surface area contributed by atoms with E-state index in [1.165, 1.54) is 25.3 Å². The van der Waals surface area contributed by atoms with Crippen LogP contribution in [0.4, 0.5) is 8.78 Å². The lowest BCUT2D eigenvalue weighted by Crippen LogP contribution is -2.39. The molecule has 3 rings (SSSR count). The van der Waals surface area contributed by atoms with Gasteiger partial charge in [0.15, 0.2) is 11.6 Å². The number of hydrogen-bond donors (Lipinski definition) is 0. The number of carbonyl (C=O) groups excluding carboxylic acids is 1. The molecule has 0 aromatic heterocycles. The molecule has 1 atom stereocenters. The molecule has 130 valence electrons. The van der Waals surface area contributed by atoms with Crippen molar-refractivity contribution in [1.29, 1.82) is 0 Å². The highest BCUT2D eigenvalue weighted by atomic mass is 19.2. The molecule has 4 nitrogen and oxygen atoms in total. The Morgan fingerprint density at radius 2 is 2.00 bits per heavy atom. The van der Waals surface area contributed by atoms with Gasteiger partial charge in [-0.3, -0.25) is 4.79 Å². The van der Waals surface area contributed by atoms with E-state index >= 15 is 0 Å². The first-order valence-corrected chi connectivity index (χ1v) is 8.48. The van der Waals surface area contributed by atoms with Gasteiger partial charge in [-0.1, -0.05) is 24.4 Å². The van der Waals surface area contributed by atoms with Crippen molar-refractivity contribution in [2.75, 3.05) is 7.05 Å². The molecular formula is C18H22F2N2O2. The van der Waals surface area contributed by atoms with Gasteiger partial charge in [-0.05, 0) is 31.0 Å². The van der Waals surface area contributed by atoms with E-state index in [2.05, 4.69) is 5.16 Å². The zero-order valence-electron chi connectivity index (χ0n) is 13.8. The van der Waals surface area contributed by atoms with Crippen molar-refractivity contribution in [2.24, 2.45) is 5.16 Å². The van der Waals surface area contributed by atoms with Gasteiger partial charge in [-0.15, -0.1) is 0 Å². The third kappa shape index (κ3) is 3.74. The van der Waals surface area contributed by atoms with E-state index < -0.39 is 11.6 Å².